The second-order valence-corrected chi connectivity index (χ2v) is 8.80. The van der Waals surface area contributed by atoms with E-state index in [1.54, 1.807) is 45.0 Å². The molecule has 1 amide bonds. The Labute approximate surface area is 210 Å². The van der Waals surface area contributed by atoms with E-state index in [1.165, 1.54) is 25.2 Å². The van der Waals surface area contributed by atoms with Crippen LogP contribution in [0.4, 0.5) is 5.13 Å². The molecule has 36 heavy (non-hydrogen) atoms. The molecule has 3 heterocycles. The van der Waals surface area contributed by atoms with Gasteiger partial charge in [-0.3, -0.25) is 14.5 Å². The van der Waals surface area contributed by atoms with E-state index in [1.807, 2.05) is 0 Å². The summed E-state index contributed by atoms with van der Waals surface area (Å²) in [7, 11) is 2.94. The highest BCUT2D eigenvalue weighted by Gasteiger charge is 2.47. The summed E-state index contributed by atoms with van der Waals surface area (Å²) in [6.07, 6.45) is 0. The van der Waals surface area contributed by atoms with E-state index >= 15 is 0 Å². The quantitative estimate of drug-likeness (QED) is 0.346. The Kier molecular flexibility index (Phi) is 6.84. The summed E-state index contributed by atoms with van der Waals surface area (Å²) in [5, 5.41) is 11.0. The van der Waals surface area contributed by atoms with Crippen LogP contribution in [0.3, 0.4) is 0 Å². The number of hydrogen-bond donors (Lipinski definition) is 1. The number of aliphatic hydroxyl groups is 1. The first-order valence-electron chi connectivity index (χ1n) is 11.0. The molecule has 10 nitrogen and oxygen atoms in total. The molecular formula is C25H24N2O8S. The van der Waals surface area contributed by atoms with E-state index in [9.17, 15) is 19.5 Å². The number of ketones is 1. The minimum Gasteiger partial charge on any atom is -0.503 e. The third-order valence-electron chi connectivity index (χ3n) is 5.59. The molecule has 4 rings (SSSR count). The van der Waals surface area contributed by atoms with Crippen LogP contribution >= 0.6 is 11.3 Å². The van der Waals surface area contributed by atoms with E-state index < -0.39 is 29.5 Å². The first-order chi connectivity index (χ1) is 17.2. The molecule has 3 aromatic rings. The molecule has 0 saturated carbocycles. The Morgan fingerprint density at radius 2 is 1.86 bits per heavy atom. The van der Waals surface area contributed by atoms with Crippen molar-refractivity contribution in [1.29, 1.82) is 0 Å². The summed E-state index contributed by atoms with van der Waals surface area (Å²) in [5.41, 5.74) is 0.613. The van der Waals surface area contributed by atoms with Crippen molar-refractivity contribution in [3.8, 4) is 11.5 Å². The zero-order chi connectivity index (χ0) is 26.1. The SMILES string of the molecule is CCOC(=O)c1sc(N2C(=O)C(O)=C(C(=O)c3ccc(C)o3)[C@@H]2c2ccc(OC)c(OC)c2)nc1C. The molecule has 2 aromatic heterocycles. The fourth-order valence-electron chi connectivity index (χ4n) is 3.93. The van der Waals surface area contributed by atoms with Crippen LogP contribution < -0.4 is 14.4 Å². The van der Waals surface area contributed by atoms with Crippen LogP contribution in [0.5, 0.6) is 11.5 Å². The Hall–Kier alpha value is -4.12. The van der Waals surface area contributed by atoms with Crippen molar-refractivity contribution in [3.63, 3.8) is 0 Å². The number of aromatic nitrogens is 1. The third kappa shape index (κ3) is 4.22. The maximum atomic E-state index is 13.5. The maximum Gasteiger partial charge on any atom is 0.350 e. The van der Waals surface area contributed by atoms with E-state index in [0.717, 1.165) is 11.3 Å². The van der Waals surface area contributed by atoms with Gasteiger partial charge in [-0.1, -0.05) is 17.4 Å². The molecule has 1 aliphatic heterocycles. The summed E-state index contributed by atoms with van der Waals surface area (Å²) in [5.74, 6) is -1.55. The van der Waals surface area contributed by atoms with Crippen molar-refractivity contribution >= 4 is 34.1 Å². The van der Waals surface area contributed by atoms with Crippen LogP contribution in [0.25, 0.3) is 0 Å². The number of aliphatic hydroxyl groups excluding tert-OH is 1. The van der Waals surface area contributed by atoms with Gasteiger partial charge in [0, 0.05) is 0 Å². The van der Waals surface area contributed by atoms with Crippen molar-refractivity contribution in [2.75, 3.05) is 25.7 Å². The second-order valence-electron chi connectivity index (χ2n) is 7.83. The number of nitrogens with zero attached hydrogens (tertiary/aromatic N) is 2. The molecule has 11 heteroatoms. The number of rotatable bonds is 8. The minimum atomic E-state index is -1.09. The molecule has 0 unspecified atom stereocenters. The molecule has 0 radical (unpaired) electrons. The van der Waals surface area contributed by atoms with Crippen LogP contribution in [-0.2, 0) is 9.53 Å². The largest absolute Gasteiger partial charge is 0.503 e. The number of ether oxygens (including phenoxy) is 3. The van der Waals surface area contributed by atoms with E-state index in [0.29, 0.717) is 28.5 Å². The normalized spacial score (nSPS) is 15.4. The van der Waals surface area contributed by atoms with E-state index in [4.69, 9.17) is 18.6 Å². The van der Waals surface area contributed by atoms with Crippen molar-refractivity contribution in [3.05, 3.63) is 69.3 Å². The highest BCUT2D eigenvalue weighted by Crippen LogP contribution is 2.45. The number of hydrogen-bond acceptors (Lipinski definition) is 10. The highest BCUT2D eigenvalue weighted by atomic mass is 32.1. The van der Waals surface area contributed by atoms with Gasteiger partial charge < -0.3 is 23.7 Å². The van der Waals surface area contributed by atoms with Gasteiger partial charge in [-0.2, -0.15) is 0 Å². The molecule has 1 aliphatic rings. The molecule has 1 N–H and O–H groups in total. The van der Waals surface area contributed by atoms with Gasteiger partial charge in [-0.05, 0) is 50.6 Å². The van der Waals surface area contributed by atoms with Crippen molar-refractivity contribution in [1.82, 2.24) is 4.98 Å². The second kappa shape index (κ2) is 9.86. The molecule has 0 aliphatic carbocycles. The van der Waals surface area contributed by atoms with Gasteiger partial charge in [0.2, 0.25) is 5.78 Å². The Morgan fingerprint density at radius 3 is 2.47 bits per heavy atom. The average molecular weight is 513 g/mol. The van der Waals surface area contributed by atoms with Gasteiger partial charge >= 0.3 is 5.97 Å². The minimum absolute atomic E-state index is 0.0308. The zero-order valence-corrected chi connectivity index (χ0v) is 21.1. The molecule has 1 atom stereocenters. The molecule has 0 fully saturated rings. The number of furan rings is 1. The topological polar surface area (TPSA) is 128 Å². The van der Waals surface area contributed by atoms with Gasteiger partial charge in [0.15, 0.2) is 28.1 Å². The van der Waals surface area contributed by atoms with Crippen LogP contribution in [-0.4, -0.2) is 48.6 Å². The van der Waals surface area contributed by atoms with Gasteiger partial charge in [-0.25, -0.2) is 9.78 Å². The molecule has 0 saturated heterocycles. The number of anilines is 1. The zero-order valence-electron chi connectivity index (χ0n) is 20.3. The predicted molar refractivity (Wildman–Crippen MR) is 130 cm³/mol. The molecular weight excluding hydrogens is 488 g/mol. The predicted octanol–water partition coefficient (Wildman–Crippen LogP) is 4.33. The lowest BCUT2D eigenvalue weighted by Crippen LogP contribution is -2.31. The Balaban J connectivity index is 1.89. The van der Waals surface area contributed by atoms with Gasteiger partial charge in [-0.15, -0.1) is 0 Å². The fraction of sp³-hybridized carbons (Fsp3) is 0.280. The van der Waals surface area contributed by atoms with Gasteiger partial charge in [0.25, 0.3) is 5.91 Å². The lowest BCUT2D eigenvalue weighted by Gasteiger charge is -2.25. The van der Waals surface area contributed by atoms with Crippen LogP contribution in [0.1, 0.15) is 50.2 Å². The summed E-state index contributed by atoms with van der Waals surface area (Å²) in [6, 6.07) is 6.89. The molecule has 1 aromatic carbocycles. The lowest BCUT2D eigenvalue weighted by atomic mass is 9.95. The standard InChI is InChI=1S/C25H24N2O8S/c1-6-34-24(31)22-13(3)26-25(36-22)27-19(14-8-10-15(32-4)17(11-14)33-5)18(21(29)23(27)30)20(28)16-9-7-12(2)35-16/h7-11,19,29H,6H2,1-5H3/t19-/m0/s1. The lowest BCUT2D eigenvalue weighted by molar-refractivity contribution is -0.117. The number of benzene rings is 1. The van der Waals surface area contributed by atoms with Crippen molar-refractivity contribution in [2.45, 2.75) is 26.8 Å². The first-order valence-corrected chi connectivity index (χ1v) is 11.8. The van der Waals surface area contributed by atoms with Crippen LogP contribution in [0.15, 0.2) is 46.1 Å². The highest BCUT2D eigenvalue weighted by molar-refractivity contribution is 7.17. The number of aryl methyl sites for hydroxylation is 2. The Bertz CT molecular complexity index is 1390. The Morgan fingerprint density at radius 1 is 1.14 bits per heavy atom. The average Bonchev–Trinajstić information content (AvgIpc) is 3.54. The smallest absolute Gasteiger partial charge is 0.350 e. The molecule has 0 bridgehead atoms. The summed E-state index contributed by atoms with van der Waals surface area (Å²) in [6.45, 7) is 5.15. The van der Waals surface area contributed by atoms with Crippen molar-refractivity contribution in [2.24, 2.45) is 0 Å². The van der Waals surface area contributed by atoms with Crippen LogP contribution in [0, 0.1) is 13.8 Å². The number of carbonyl (C=O) groups excluding carboxylic acids is 3. The number of Topliss-reactive ketones (excluding diaryl/α,β-unsaturated/α-hetero) is 1. The van der Waals surface area contributed by atoms with Gasteiger partial charge in [0.1, 0.15) is 10.6 Å². The van der Waals surface area contributed by atoms with E-state index in [-0.39, 0.29) is 27.9 Å². The first kappa shape index (κ1) is 25.0. The van der Waals surface area contributed by atoms with Gasteiger partial charge in [0.05, 0.1) is 38.1 Å². The van der Waals surface area contributed by atoms with Crippen LogP contribution in [0.2, 0.25) is 0 Å². The summed E-state index contributed by atoms with van der Waals surface area (Å²) in [4.78, 5) is 45.0. The maximum absolute atomic E-state index is 13.5. The number of esters is 1. The number of carbonyl (C=O) groups is 3. The molecule has 188 valence electrons. The van der Waals surface area contributed by atoms with Crippen molar-refractivity contribution < 1.29 is 38.1 Å². The monoisotopic (exact) mass is 512 g/mol. The summed E-state index contributed by atoms with van der Waals surface area (Å²) >= 11 is 0.931. The third-order valence-corrected chi connectivity index (χ3v) is 6.73. The number of amides is 1. The fourth-order valence-corrected chi connectivity index (χ4v) is 4.92. The van der Waals surface area contributed by atoms with E-state index in [2.05, 4.69) is 4.98 Å². The number of thiazole rings is 1. The number of methoxy groups -OCH3 is 2. The summed E-state index contributed by atoms with van der Waals surface area (Å²) < 4.78 is 21.3. The molecule has 0 spiro atoms.